The van der Waals surface area contributed by atoms with Gasteiger partial charge in [-0.15, -0.1) is 21.5 Å². The van der Waals surface area contributed by atoms with Gasteiger partial charge in [-0.2, -0.15) is 0 Å². The average molecular weight is 410 g/mol. The van der Waals surface area contributed by atoms with Crippen LogP contribution in [0.1, 0.15) is 44.5 Å². The Balaban J connectivity index is 1.55. The Morgan fingerprint density at radius 3 is 2.62 bits per heavy atom. The molecule has 0 aliphatic heterocycles. The third-order valence-corrected chi connectivity index (χ3v) is 5.92. The van der Waals surface area contributed by atoms with Crippen LogP contribution in [-0.2, 0) is 17.8 Å². The van der Waals surface area contributed by atoms with Crippen molar-refractivity contribution < 1.29 is 4.79 Å². The zero-order chi connectivity index (χ0) is 20.5. The fourth-order valence-corrected chi connectivity index (χ4v) is 4.25. The number of hydrogen-bond acceptors (Lipinski definition) is 5. The number of carbonyl (C=O) groups excluding carboxylic acids is 1. The first kappa shape index (κ1) is 19.3. The second-order valence-corrected chi connectivity index (χ2v) is 8.18. The molecule has 0 aliphatic rings. The molecular weight excluding hydrogens is 386 g/mol. The molecule has 0 fully saturated rings. The molecule has 0 saturated carbocycles. The SMILES string of the molecule is CCn1c(=O)c2sccc2n2c(CCC(=O)Nc3ccc(C(C)C)cc3)nnc12. The van der Waals surface area contributed by atoms with Gasteiger partial charge >= 0.3 is 0 Å². The Morgan fingerprint density at radius 1 is 1.17 bits per heavy atom. The normalized spacial score (nSPS) is 11.6. The van der Waals surface area contributed by atoms with Gasteiger partial charge < -0.3 is 5.32 Å². The number of thiophene rings is 1. The van der Waals surface area contributed by atoms with Crippen LogP contribution in [0.4, 0.5) is 5.69 Å². The smallest absolute Gasteiger partial charge is 0.272 e. The predicted molar refractivity (Wildman–Crippen MR) is 116 cm³/mol. The number of carbonyl (C=O) groups is 1. The summed E-state index contributed by atoms with van der Waals surface area (Å²) in [5.41, 5.74) is 2.76. The number of nitrogens with one attached hydrogen (secondary N) is 1. The molecule has 3 heterocycles. The van der Waals surface area contributed by atoms with Gasteiger partial charge in [0.2, 0.25) is 11.7 Å². The van der Waals surface area contributed by atoms with E-state index in [1.54, 1.807) is 4.57 Å². The summed E-state index contributed by atoms with van der Waals surface area (Å²) in [5.74, 6) is 1.57. The molecule has 150 valence electrons. The van der Waals surface area contributed by atoms with E-state index in [0.717, 1.165) is 11.2 Å². The number of rotatable bonds is 6. The number of anilines is 1. The molecule has 0 aliphatic carbocycles. The van der Waals surface area contributed by atoms with Crippen LogP contribution in [0.25, 0.3) is 16.0 Å². The quantitative estimate of drug-likeness (QED) is 0.525. The Hall–Kier alpha value is -3.00. The molecule has 0 radical (unpaired) electrons. The zero-order valence-electron chi connectivity index (χ0n) is 16.7. The molecule has 3 aromatic heterocycles. The lowest BCUT2D eigenvalue weighted by Gasteiger charge is -2.09. The van der Waals surface area contributed by atoms with Crippen LogP contribution in [0.15, 0.2) is 40.5 Å². The van der Waals surface area contributed by atoms with E-state index in [2.05, 4.69) is 29.4 Å². The minimum Gasteiger partial charge on any atom is -0.326 e. The van der Waals surface area contributed by atoms with E-state index in [0.29, 0.717) is 35.2 Å². The first-order valence-electron chi connectivity index (χ1n) is 9.73. The van der Waals surface area contributed by atoms with Crippen LogP contribution in [0.3, 0.4) is 0 Å². The minimum absolute atomic E-state index is 0.0495. The van der Waals surface area contributed by atoms with E-state index in [-0.39, 0.29) is 17.9 Å². The lowest BCUT2D eigenvalue weighted by atomic mass is 10.0. The fourth-order valence-electron chi connectivity index (χ4n) is 3.43. The number of fused-ring (bicyclic) bond motifs is 3. The maximum atomic E-state index is 12.6. The van der Waals surface area contributed by atoms with Gasteiger partial charge in [0.05, 0.1) is 5.52 Å². The third kappa shape index (κ3) is 3.55. The summed E-state index contributed by atoms with van der Waals surface area (Å²) in [5, 5.41) is 13.3. The van der Waals surface area contributed by atoms with E-state index in [1.165, 1.54) is 16.9 Å². The van der Waals surface area contributed by atoms with Crippen LogP contribution < -0.4 is 10.9 Å². The summed E-state index contributed by atoms with van der Waals surface area (Å²) in [4.78, 5) is 25.0. The van der Waals surface area contributed by atoms with Crippen LogP contribution in [-0.4, -0.2) is 25.1 Å². The molecule has 0 atom stereocenters. The largest absolute Gasteiger partial charge is 0.326 e. The second-order valence-electron chi connectivity index (χ2n) is 7.26. The molecule has 1 aromatic carbocycles. The average Bonchev–Trinajstić information content (AvgIpc) is 3.34. The number of nitrogens with zero attached hydrogens (tertiary/aromatic N) is 4. The van der Waals surface area contributed by atoms with Crippen LogP contribution in [0.2, 0.25) is 0 Å². The highest BCUT2D eigenvalue weighted by molar-refractivity contribution is 7.17. The van der Waals surface area contributed by atoms with Gasteiger partial charge in [-0.3, -0.25) is 18.6 Å². The summed E-state index contributed by atoms with van der Waals surface area (Å²) in [6.45, 7) is 6.70. The Labute approximate surface area is 172 Å². The Kier molecular flexibility index (Phi) is 5.19. The molecule has 1 N–H and O–H groups in total. The van der Waals surface area contributed by atoms with Crippen molar-refractivity contribution in [3.8, 4) is 0 Å². The highest BCUT2D eigenvalue weighted by Crippen LogP contribution is 2.21. The zero-order valence-corrected chi connectivity index (χ0v) is 17.5. The highest BCUT2D eigenvalue weighted by Gasteiger charge is 2.17. The number of benzene rings is 1. The van der Waals surface area contributed by atoms with Crippen molar-refractivity contribution in [3.63, 3.8) is 0 Å². The lowest BCUT2D eigenvalue weighted by Crippen LogP contribution is -2.21. The minimum atomic E-state index is -0.0792. The number of aryl methyl sites for hydroxylation is 2. The molecule has 1 amide bonds. The Morgan fingerprint density at radius 2 is 1.93 bits per heavy atom. The molecule has 7 nitrogen and oxygen atoms in total. The molecule has 0 spiro atoms. The van der Waals surface area contributed by atoms with E-state index in [9.17, 15) is 9.59 Å². The van der Waals surface area contributed by atoms with Crippen molar-refractivity contribution in [3.05, 3.63) is 57.5 Å². The van der Waals surface area contributed by atoms with Crippen LogP contribution in [0.5, 0.6) is 0 Å². The molecule has 0 unspecified atom stereocenters. The molecular formula is C21H23N5O2S. The van der Waals surface area contributed by atoms with E-state index in [1.807, 2.05) is 47.0 Å². The third-order valence-electron chi connectivity index (χ3n) is 5.03. The van der Waals surface area contributed by atoms with Gasteiger partial charge in [-0.25, -0.2) is 0 Å². The van der Waals surface area contributed by atoms with Crippen molar-refractivity contribution in [1.29, 1.82) is 0 Å². The van der Waals surface area contributed by atoms with Gasteiger partial charge in [0.15, 0.2) is 0 Å². The Bertz CT molecular complexity index is 1230. The molecule has 0 bridgehead atoms. The lowest BCUT2D eigenvalue weighted by molar-refractivity contribution is -0.116. The standard InChI is InChI=1S/C21H23N5O2S/c1-4-25-20(28)19-16(11-12-29-19)26-17(23-24-21(25)26)9-10-18(27)22-15-7-5-14(6-8-15)13(2)3/h5-8,11-13H,4,9-10H2,1-3H3,(H,22,27). The number of aromatic nitrogens is 4. The van der Waals surface area contributed by atoms with Crippen molar-refractivity contribution >= 4 is 38.9 Å². The summed E-state index contributed by atoms with van der Waals surface area (Å²) in [6, 6.07) is 9.81. The molecule has 4 aromatic rings. The predicted octanol–water partition coefficient (Wildman–Crippen LogP) is 3.82. The van der Waals surface area contributed by atoms with Crippen LogP contribution in [0, 0.1) is 0 Å². The monoisotopic (exact) mass is 409 g/mol. The van der Waals surface area contributed by atoms with Crippen molar-refractivity contribution in [1.82, 2.24) is 19.2 Å². The summed E-state index contributed by atoms with van der Waals surface area (Å²) in [7, 11) is 0. The topological polar surface area (TPSA) is 81.3 Å². The number of amides is 1. The first-order valence-corrected chi connectivity index (χ1v) is 10.6. The molecule has 8 heteroatoms. The molecule has 4 rings (SSSR count). The van der Waals surface area contributed by atoms with E-state index < -0.39 is 0 Å². The highest BCUT2D eigenvalue weighted by atomic mass is 32.1. The van der Waals surface area contributed by atoms with Crippen molar-refractivity contribution in [2.24, 2.45) is 0 Å². The molecule has 0 saturated heterocycles. The summed E-state index contributed by atoms with van der Waals surface area (Å²) in [6.07, 6.45) is 0.716. The van der Waals surface area contributed by atoms with Crippen molar-refractivity contribution in [2.45, 2.75) is 46.1 Å². The second kappa shape index (κ2) is 7.79. The van der Waals surface area contributed by atoms with Gasteiger partial charge in [-0.1, -0.05) is 26.0 Å². The number of hydrogen-bond donors (Lipinski definition) is 1. The first-order chi connectivity index (χ1) is 14.0. The molecule has 29 heavy (non-hydrogen) atoms. The van der Waals surface area contributed by atoms with Gasteiger partial charge in [-0.05, 0) is 42.0 Å². The fraction of sp³-hybridized carbons (Fsp3) is 0.333. The maximum Gasteiger partial charge on any atom is 0.272 e. The maximum absolute atomic E-state index is 12.6. The van der Waals surface area contributed by atoms with E-state index in [4.69, 9.17) is 0 Å². The van der Waals surface area contributed by atoms with Gasteiger partial charge in [0.1, 0.15) is 10.5 Å². The summed E-state index contributed by atoms with van der Waals surface area (Å²) >= 11 is 1.41. The van der Waals surface area contributed by atoms with E-state index >= 15 is 0 Å². The summed E-state index contributed by atoms with van der Waals surface area (Å²) < 4.78 is 4.18. The van der Waals surface area contributed by atoms with Crippen LogP contribution >= 0.6 is 11.3 Å². The van der Waals surface area contributed by atoms with Crippen molar-refractivity contribution in [2.75, 3.05) is 5.32 Å². The van der Waals surface area contributed by atoms with Gasteiger partial charge in [0.25, 0.3) is 5.56 Å². The van der Waals surface area contributed by atoms with Gasteiger partial charge in [0, 0.05) is 25.1 Å².